The molecule has 0 bridgehead atoms. The standard InChI is InChI=1S/C24H23ClFN3O3S/c1-24(17-6-5-7-18(25)20(17)26)13-29(12-14-8-9-15(31-2)10-19(14)32-3)22(30)16-11-27-23(33-4)28-21(16)24/h5-11H,12-13H2,1-4H3/t24-/m0/s1. The van der Waals surface area contributed by atoms with E-state index in [1.807, 2.05) is 25.3 Å². The van der Waals surface area contributed by atoms with E-state index < -0.39 is 11.2 Å². The second kappa shape index (κ2) is 9.19. The molecule has 2 aromatic carbocycles. The van der Waals surface area contributed by atoms with E-state index in [2.05, 4.69) is 9.97 Å². The molecule has 3 aromatic rings. The summed E-state index contributed by atoms with van der Waals surface area (Å²) in [5.74, 6) is 0.496. The van der Waals surface area contributed by atoms with Gasteiger partial charge in [0.1, 0.15) is 17.3 Å². The van der Waals surface area contributed by atoms with Crippen LogP contribution in [0.3, 0.4) is 0 Å². The van der Waals surface area contributed by atoms with E-state index >= 15 is 4.39 Å². The van der Waals surface area contributed by atoms with Gasteiger partial charge in [-0.05, 0) is 31.4 Å². The predicted octanol–water partition coefficient (Wildman–Crippen LogP) is 4.97. The predicted molar refractivity (Wildman–Crippen MR) is 126 cm³/mol. The van der Waals surface area contributed by atoms with Crippen LogP contribution >= 0.6 is 23.4 Å². The molecule has 0 aliphatic carbocycles. The number of fused-ring (bicyclic) bond motifs is 1. The number of amides is 1. The Morgan fingerprint density at radius 2 is 2.03 bits per heavy atom. The average Bonchev–Trinajstić information content (AvgIpc) is 2.83. The fraction of sp³-hybridized carbons (Fsp3) is 0.292. The summed E-state index contributed by atoms with van der Waals surface area (Å²) in [6.45, 7) is 2.34. The Hall–Kier alpha value is -2.84. The van der Waals surface area contributed by atoms with Crippen molar-refractivity contribution in [2.45, 2.75) is 24.0 Å². The number of carbonyl (C=O) groups is 1. The van der Waals surface area contributed by atoms with Gasteiger partial charge in [-0.15, -0.1) is 0 Å². The molecule has 0 unspecified atom stereocenters. The van der Waals surface area contributed by atoms with E-state index in [9.17, 15) is 4.79 Å². The summed E-state index contributed by atoms with van der Waals surface area (Å²) in [5, 5.41) is 0.537. The van der Waals surface area contributed by atoms with Crippen molar-refractivity contribution in [3.05, 3.63) is 75.8 Å². The van der Waals surface area contributed by atoms with E-state index in [4.69, 9.17) is 21.1 Å². The van der Waals surface area contributed by atoms with Crippen LogP contribution in [0.5, 0.6) is 11.5 Å². The number of benzene rings is 2. The van der Waals surface area contributed by atoms with Crippen LogP contribution in [0, 0.1) is 5.82 Å². The molecule has 6 nitrogen and oxygen atoms in total. The number of carbonyl (C=O) groups excluding carboxylic acids is 1. The molecule has 1 amide bonds. The molecule has 1 aliphatic rings. The van der Waals surface area contributed by atoms with Crippen molar-refractivity contribution in [3.63, 3.8) is 0 Å². The van der Waals surface area contributed by atoms with Gasteiger partial charge in [0.25, 0.3) is 5.91 Å². The van der Waals surface area contributed by atoms with Crippen molar-refractivity contribution >= 4 is 29.3 Å². The summed E-state index contributed by atoms with van der Waals surface area (Å²) >= 11 is 7.49. The Labute approximate surface area is 201 Å². The van der Waals surface area contributed by atoms with Gasteiger partial charge < -0.3 is 14.4 Å². The van der Waals surface area contributed by atoms with E-state index in [1.54, 1.807) is 37.3 Å². The van der Waals surface area contributed by atoms with Crippen molar-refractivity contribution in [2.75, 3.05) is 27.0 Å². The molecule has 9 heteroatoms. The van der Waals surface area contributed by atoms with Crippen LogP contribution < -0.4 is 9.47 Å². The molecule has 0 radical (unpaired) electrons. The number of hydrogen-bond acceptors (Lipinski definition) is 6. The molecule has 1 aliphatic heterocycles. The highest BCUT2D eigenvalue weighted by molar-refractivity contribution is 7.98. The summed E-state index contributed by atoms with van der Waals surface area (Å²) in [6.07, 6.45) is 3.38. The first-order valence-electron chi connectivity index (χ1n) is 10.2. The summed E-state index contributed by atoms with van der Waals surface area (Å²) in [5.41, 5.74) is 1.07. The van der Waals surface area contributed by atoms with Crippen LogP contribution in [0.4, 0.5) is 4.39 Å². The lowest BCUT2D eigenvalue weighted by Gasteiger charge is -2.41. The largest absolute Gasteiger partial charge is 0.497 e. The second-order valence-corrected chi connectivity index (χ2v) is 9.07. The van der Waals surface area contributed by atoms with E-state index in [0.717, 1.165) is 5.56 Å². The maximum atomic E-state index is 15.2. The minimum atomic E-state index is -0.939. The second-order valence-electron chi connectivity index (χ2n) is 7.89. The Morgan fingerprint density at radius 3 is 2.73 bits per heavy atom. The minimum absolute atomic E-state index is 0.0229. The maximum Gasteiger partial charge on any atom is 0.257 e. The number of halogens is 2. The van der Waals surface area contributed by atoms with E-state index in [-0.39, 0.29) is 24.0 Å². The lowest BCUT2D eigenvalue weighted by molar-refractivity contribution is 0.0674. The fourth-order valence-corrected chi connectivity index (χ4v) is 4.71. The van der Waals surface area contributed by atoms with Crippen LogP contribution in [-0.2, 0) is 12.0 Å². The van der Waals surface area contributed by atoms with E-state index in [0.29, 0.717) is 33.5 Å². The summed E-state index contributed by atoms with van der Waals surface area (Å²) < 4.78 is 26.0. The van der Waals surface area contributed by atoms with Gasteiger partial charge >= 0.3 is 0 Å². The van der Waals surface area contributed by atoms with Gasteiger partial charge in [-0.3, -0.25) is 4.79 Å². The Bertz CT molecular complexity index is 1230. The van der Waals surface area contributed by atoms with Crippen molar-refractivity contribution in [1.82, 2.24) is 14.9 Å². The molecule has 1 atom stereocenters. The summed E-state index contributed by atoms with van der Waals surface area (Å²) in [4.78, 5) is 24.1. The lowest BCUT2D eigenvalue weighted by Crippen LogP contribution is -2.49. The van der Waals surface area contributed by atoms with Crippen molar-refractivity contribution in [1.29, 1.82) is 0 Å². The first kappa shape index (κ1) is 23.3. The van der Waals surface area contributed by atoms with Gasteiger partial charge in [-0.25, -0.2) is 14.4 Å². The Balaban J connectivity index is 1.84. The van der Waals surface area contributed by atoms with Gasteiger partial charge in [0.05, 0.1) is 35.9 Å². The van der Waals surface area contributed by atoms with Crippen LogP contribution in [-0.4, -0.2) is 47.8 Å². The van der Waals surface area contributed by atoms with Crippen molar-refractivity contribution in [3.8, 4) is 11.5 Å². The summed E-state index contributed by atoms with van der Waals surface area (Å²) in [7, 11) is 3.14. The van der Waals surface area contributed by atoms with Crippen LogP contribution in [0.1, 0.15) is 34.1 Å². The highest BCUT2D eigenvalue weighted by Gasteiger charge is 2.44. The van der Waals surface area contributed by atoms with Gasteiger partial charge in [0, 0.05) is 36.5 Å². The Kier molecular flexibility index (Phi) is 6.50. The Morgan fingerprint density at radius 1 is 1.24 bits per heavy atom. The van der Waals surface area contributed by atoms with Gasteiger partial charge in [-0.1, -0.05) is 35.5 Å². The molecule has 0 saturated heterocycles. The number of methoxy groups -OCH3 is 2. The molecular formula is C24H23ClFN3O3S. The van der Waals surface area contributed by atoms with Crippen LogP contribution in [0.2, 0.25) is 5.02 Å². The first-order valence-corrected chi connectivity index (χ1v) is 11.8. The third-order valence-electron chi connectivity index (χ3n) is 5.90. The molecule has 33 heavy (non-hydrogen) atoms. The average molecular weight is 488 g/mol. The smallest absolute Gasteiger partial charge is 0.257 e. The van der Waals surface area contributed by atoms with Gasteiger partial charge in [-0.2, -0.15) is 0 Å². The fourth-order valence-electron chi connectivity index (χ4n) is 4.20. The topological polar surface area (TPSA) is 64.5 Å². The third-order valence-corrected chi connectivity index (χ3v) is 6.75. The molecular weight excluding hydrogens is 465 g/mol. The zero-order chi connectivity index (χ0) is 23.8. The zero-order valence-electron chi connectivity index (χ0n) is 18.7. The summed E-state index contributed by atoms with van der Waals surface area (Å²) in [6, 6.07) is 10.3. The van der Waals surface area contributed by atoms with Gasteiger partial charge in [0.15, 0.2) is 5.16 Å². The number of nitrogens with zero attached hydrogens (tertiary/aromatic N) is 3. The maximum absolute atomic E-state index is 15.2. The van der Waals surface area contributed by atoms with Crippen LogP contribution in [0.25, 0.3) is 0 Å². The van der Waals surface area contributed by atoms with Crippen LogP contribution in [0.15, 0.2) is 47.8 Å². The highest BCUT2D eigenvalue weighted by Crippen LogP contribution is 2.41. The highest BCUT2D eigenvalue weighted by atomic mass is 35.5. The normalized spacial score (nSPS) is 17.6. The van der Waals surface area contributed by atoms with E-state index in [1.165, 1.54) is 24.0 Å². The molecule has 0 fully saturated rings. The van der Waals surface area contributed by atoms with Crippen molar-refractivity contribution in [2.24, 2.45) is 0 Å². The molecule has 1 aromatic heterocycles. The quantitative estimate of drug-likeness (QED) is 0.361. The molecule has 172 valence electrons. The lowest BCUT2D eigenvalue weighted by atomic mass is 9.74. The first-order chi connectivity index (χ1) is 15.8. The third kappa shape index (κ3) is 4.13. The minimum Gasteiger partial charge on any atom is -0.497 e. The number of rotatable bonds is 6. The molecule has 0 saturated carbocycles. The number of aromatic nitrogens is 2. The number of thioether (sulfide) groups is 1. The van der Waals surface area contributed by atoms with Gasteiger partial charge in [0.2, 0.25) is 0 Å². The monoisotopic (exact) mass is 487 g/mol. The zero-order valence-corrected chi connectivity index (χ0v) is 20.3. The molecule has 4 rings (SSSR count). The number of ether oxygens (including phenoxy) is 2. The molecule has 0 spiro atoms. The molecule has 2 heterocycles. The van der Waals surface area contributed by atoms with Crippen molar-refractivity contribution < 1.29 is 18.7 Å². The SMILES string of the molecule is COc1ccc(CN2C[C@@](C)(c3cccc(Cl)c3F)c3nc(SC)ncc3C2=O)c(OC)c1. The number of hydrogen-bond donors (Lipinski definition) is 0. The molecule has 0 N–H and O–H groups in total.